The van der Waals surface area contributed by atoms with Crippen LogP contribution in [0.25, 0.3) is 0 Å². The van der Waals surface area contributed by atoms with Gasteiger partial charge < -0.3 is 19.5 Å². The predicted molar refractivity (Wildman–Crippen MR) is 98.2 cm³/mol. The molecule has 0 bridgehead atoms. The molecule has 0 unspecified atom stereocenters. The van der Waals surface area contributed by atoms with Gasteiger partial charge in [-0.2, -0.15) is 0 Å². The number of aromatic nitrogens is 1. The molecule has 1 fully saturated rings. The Kier molecular flexibility index (Phi) is 6.59. The Morgan fingerprint density at radius 1 is 1.19 bits per heavy atom. The average molecular weight is 373 g/mol. The Morgan fingerprint density at radius 2 is 1.96 bits per heavy atom. The molecule has 1 aliphatic heterocycles. The van der Waals surface area contributed by atoms with Crippen molar-refractivity contribution in [2.75, 3.05) is 19.8 Å². The van der Waals surface area contributed by atoms with E-state index >= 15 is 0 Å². The molecule has 1 atom stereocenters. The number of nitrogens with zero attached hydrogens (tertiary/aromatic N) is 2. The minimum absolute atomic E-state index is 0.0129. The lowest BCUT2D eigenvalue weighted by molar-refractivity contribution is -0.141. The van der Waals surface area contributed by atoms with Gasteiger partial charge >= 0.3 is 0 Å². The molecule has 0 aliphatic carbocycles. The molecule has 3 rings (SSSR count). The van der Waals surface area contributed by atoms with E-state index in [1.54, 1.807) is 23.1 Å². The first kappa shape index (κ1) is 19.1. The van der Waals surface area contributed by atoms with Gasteiger partial charge in [0.15, 0.2) is 0 Å². The number of ether oxygens (including phenoxy) is 1. The van der Waals surface area contributed by atoms with Crippen LogP contribution >= 0.6 is 0 Å². The van der Waals surface area contributed by atoms with E-state index in [1.165, 1.54) is 6.07 Å². The van der Waals surface area contributed by atoms with Crippen molar-refractivity contribution in [3.8, 4) is 0 Å². The second-order valence-electron chi connectivity index (χ2n) is 6.56. The number of nitrogens with one attached hydrogen (secondary N) is 1. The Hall–Kier alpha value is -2.67. The van der Waals surface area contributed by atoms with Crippen LogP contribution in [0.4, 0.5) is 4.39 Å². The third kappa shape index (κ3) is 5.40. The van der Waals surface area contributed by atoms with Gasteiger partial charge in [-0.25, -0.2) is 4.39 Å². The third-order valence-corrected chi connectivity index (χ3v) is 4.65. The minimum atomic E-state index is -0.347. The molecule has 2 aromatic rings. The highest BCUT2D eigenvalue weighted by atomic mass is 19.1. The Balaban J connectivity index is 1.51. The lowest BCUT2D eigenvalue weighted by Gasteiger charge is -2.35. The van der Waals surface area contributed by atoms with Crippen LogP contribution in [0.15, 0.2) is 48.8 Å². The van der Waals surface area contributed by atoms with E-state index in [2.05, 4.69) is 5.32 Å². The standard InChI is InChI=1S/C20H24FN3O3/c21-18-6-2-1-5-16(18)14-22-19(25)13-17-15-27-12-11-24(17)20(26)7-10-23-8-3-4-9-23/h1-6,8-9,17H,7,10-15H2,(H,22,25)/t17-/m0/s1. The summed E-state index contributed by atoms with van der Waals surface area (Å²) in [6.45, 7) is 2.02. The fourth-order valence-corrected chi connectivity index (χ4v) is 3.16. The SMILES string of the molecule is O=C(C[C@H]1COCCN1C(=O)CCn1cccc1)NCc1ccccc1F. The molecule has 0 saturated carbocycles. The highest BCUT2D eigenvalue weighted by Crippen LogP contribution is 2.13. The van der Waals surface area contributed by atoms with Crippen molar-refractivity contribution in [2.45, 2.75) is 32.0 Å². The Bertz CT molecular complexity index is 764. The largest absolute Gasteiger partial charge is 0.377 e. The number of hydrogen-bond acceptors (Lipinski definition) is 3. The number of carbonyl (C=O) groups excluding carboxylic acids is 2. The summed E-state index contributed by atoms with van der Waals surface area (Å²) in [7, 11) is 0. The molecule has 1 N–H and O–H groups in total. The summed E-state index contributed by atoms with van der Waals surface area (Å²) in [6.07, 6.45) is 4.35. The summed E-state index contributed by atoms with van der Waals surface area (Å²) >= 11 is 0. The fraction of sp³-hybridized carbons (Fsp3) is 0.400. The molecule has 0 radical (unpaired) electrons. The van der Waals surface area contributed by atoms with Crippen LogP contribution < -0.4 is 5.32 Å². The molecule has 27 heavy (non-hydrogen) atoms. The number of halogens is 1. The highest BCUT2D eigenvalue weighted by Gasteiger charge is 2.28. The van der Waals surface area contributed by atoms with E-state index in [9.17, 15) is 14.0 Å². The van der Waals surface area contributed by atoms with Crippen molar-refractivity contribution in [1.29, 1.82) is 0 Å². The molecular formula is C20H24FN3O3. The molecule has 2 amide bonds. The van der Waals surface area contributed by atoms with Crippen LogP contribution in [-0.4, -0.2) is 47.1 Å². The maximum Gasteiger partial charge on any atom is 0.224 e. The van der Waals surface area contributed by atoms with Gasteiger partial charge in [0.25, 0.3) is 0 Å². The quantitative estimate of drug-likeness (QED) is 0.807. The molecule has 6 nitrogen and oxygen atoms in total. The molecule has 1 saturated heterocycles. The van der Waals surface area contributed by atoms with E-state index < -0.39 is 0 Å². The molecule has 0 spiro atoms. The summed E-state index contributed by atoms with van der Waals surface area (Å²) in [6, 6.07) is 9.88. The average Bonchev–Trinajstić information content (AvgIpc) is 3.19. The Morgan fingerprint density at radius 3 is 2.74 bits per heavy atom. The van der Waals surface area contributed by atoms with Crippen molar-refractivity contribution in [3.05, 3.63) is 60.2 Å². The first-order valence-corrected chi connectivity index (χ1v) is 9.11. The zero-order valence-corrected chi connectivity index (χ0v) is 15.1. The van der Waals surface area contributed by atoms with Crippen molar-refractivity contribution in [3.63, 3.8) is 0 Å². The molecule has 144 valence electrons. The lowest BCUT2D eigenvalue weighted by atomic mass is 10.1. The van der Waals surface area contributed by atoms with E-state index in [1.807, 2.05) is 29.1 Å². The highest BCUT2D eigenvalue weighted by molar-refractivity contribution is 5.80. The van der Waals surface area contributed by atoms with Gasteiger partial charge in [-0.3, -0.25) is 9.59 Å². The van der Waals surface area contributed by atoms with Gasteiger partial charge in [-0.05, 0) is 18.2 Å². The number of benzene rings is 1. The first-order valence-electron chi connectivity index (χ1n) is 9.11. The molecule has 1 aliphatic rings. The Labute approximate surface area is 157 Å². The van der Waals surface area contributed by atoms with Crippen LogP contribution in [0.1, 0.15) is 18.4 Å². The zero-order valence-electron chi connectivity index (χ0n) is 15.1. The number of morpholine rings is 1. The molecule has 7 heteroatoms. The monoisotopic (exact) mass is 373 g/mol. The van der Waals surface area contributed by atoms with Gasteiger partial charge in [0, 0.05) is 50.4 Å². The maximum atomic E-state index is 13.6. The van der Waals surface area contributed by atoms with E-state index in [-0.39, 0.29) is 36.6 Å². The smallest absolute Gasteiger partial charge is 0.224 e. The zero-order chi connectivity index (χ0) is 19.1. The van der Waals surface area contributed by atoms with Crippen LogP contribution in [0.2, 0.25) is 0 Å². The number of rotatable bonds is 7. The number of carbonyl (C=O) groups is 2. The fourth-order valence-electron chi connectivity index (χ4n) is 3.16. The van der Waals surface area contributed by atoms with Crippen molar-refractivity contribution in [1.82, 2.24) is 14.8 Å². The normalized spacial score (nSPS) is 16.9. The molecule has 1 aromatic carbocycles. The number of aryl methyl sites for hydroxylation is 1. The van der Waals surface area contributed by atoms with Crippen molar-refractivity contribution in [2.24, 2.45) is 0 Å². The molecule has 1 aromatic heterocycles. The van der Waals surface area contributed by atoms with Gasteiger partial charge in [0.05, 0.1) is 19.3 Å². The minimum Gasteiger partial charge on any atom is -0.377 e. The molecular weight excluding hydrogens is 349 g/mol. The summed E-state index contributed by atoms with van der Waals surface area (Å²) in [5, 5.41) is 2.72. The summed E-state index contributed by atoms with van der Waals surface area (Å²) in [5.41, 5.74) is 0.436. The van der Waals surface area contributed by atoms with Gasteiger partial charge in [0.2, 0.25) is 11.8 Å². The van der Waals surface area contributed by atoms with Crippen molar-refractivity contribution < 1.29 is 18.7 Å². The van der Waals surface area contributed by atoms with E-state index in [0.717, 1.165) is 0 Å². The van der Waals surface area contributed by atoms with Crippen molar-refractivity contribution >= 4 is 11.8 Å². The van der Waals surface area contributed by atoms with Crippen LogP contribution in [0.3, 0.4) is 0 Å². The molecule has 2 heterocycles. The van der Waals surface area contributed by atoms with Gasteiger partial charge in [0.1, 0.15) is 5.82 Å². The van der Waals surface area contributed by atoms with Crippen LogP contribution in [0.5, 0.6) is 0 Å². The predicted octanol–water partition coefficient (Wildman–Crippen LogP) is 1.95. The number of amides is 2. The second kappa shape index (κ2) is 9.32. The van der Waals surface area contributed by atoms with Crippen LogP contribution in [0, 0.1) is 5.82 Å². The lowest BCUT2D eigenvalue weighted by Crippen LogP contribution is -2.50. The summed E-state index contributed by atoms with van der Waals surface area (Å²) in [4.78, 5) is 26.6. The number of hydrogen-bond donors (Lipinski definition) is 1. The van der Waals surface area contributed by atoms with Gasteiger partial charge in [-0.1, -0.05) is 18.2 Å². The second-order valence-corrected chi connectivity index (χ2v) is 6.56. The maximum absolute atomic E-state index is 13.6. The van der Waals surface area contributed by atoms with E-state index in [4.69, 9.17) is 4.74 Å². The summed E-state index contributed by atoms with van der Waals surface area (Å²) in [5.74, 6) is -0.559. The van der Waals surface area contributed by atoms with E-state index in [0.29, 0.717) is 38.3 Å². The van der Waals surface area contributed by atoms with Gasteiger partial charge in [-0.15, -0.1) is 0 Å². The third-order valence-electron chi connectivity index (χ3n) is 4.65. The summed E-state index contributed by atoms with van der Waals surface area (Å²) < 4.78 is 21.1. The first-order chi connectivity index (χ1) is 13.1. The topological polar surface area (TPSA) is 63.6 Å². The van der Waals surface area contributed by atoms with Crippen LogP contribution in [-0.2, 0) is 27.4 Å².